The van der Waals surface area contributed by atoms with Crippen LogP contribution in [0.25, 0.3) is 11.1 Å². The minimum atomic E-state index is -2.73. The normalized spacial score (nSPS) is 13.8. The molecule has 0 heterocycles. The van der Waals surface area contributed by atoms with E-state index in [1.165, 1.54) is 0 Å². The molecule has 6 aromatic rings. The first-order chi connectivity index (χ1) is 34.7. The maximum Gasteiger partial charge on any atom is 0.407 e. The molecule has 0 fully saturated rings. The van der Waals surface area contributed by atoms with Gasteiger partial charge in [0, 0.05) is 31.6 Å². The van der Waals surface area contributed by atoms with Crippen LogP contribution < -0.4 is 21.3 Å². The lowest BCUT2D eigenvalue weighted by atomic mass is 9.98. The summed E-state index contributed by atoms with van der Waals surface area (Å²) in [6, 6.07) is 48.8. The molecule has 0 spiro atoms. The molecule has 1 aliphatic carbocycles. The highest BCUT2D eigenvalue weighted by Crippen LogP contribution is 2.45. The summed E-state index contributed by atoms with van der Waals surface area (Å²) in [4.78, 5) is 72.7. The quantitative estimate of drug-likeness (QED) is 0.0495. The second-order valence-corrected chi connectivity index (χ2v) is 25.1. The standard InChI is InChI=1S/C60H68N4O7Si/c1-40(2)72(41(3)4,42(5)6)71-59(68)55(38-46-29-17-10-18-30-46)63-57(66)53(36-44-25-13-8-14-26-44)61-56(65)52(35-43-23-11-7-12-24-43)62-58(67)54(37-45-27-15-9-16-28-45)64-60(69)70-39-51-49-33-21-19-31-47(49)48-32-20-22-34-50(48)51/h7-34,40-42,51-55H,35-39H2,1-6H3,(H,61,65)(H,62,67)(H,63,66)(H,64,69)/t52-,53-,54-,55-/m0/s1. The Morgan fingerprint density at radius 2 is 0.722 bits per heavy atom. The number of carbonyl (C=O) groups is 5. The van der Waals surface area contributed by atoms with Crippen molar-refractivity contribution < 1.29 is 33.1 Å². The molecule has 374 valence electrons. The van der Waals surface area contributed by atoms with Crippen LogP contribution >= 0.6 is 0 Å². The van der Waals surface area contributed by atoms with Crippen LogP contribution in [0.15, 0.2) is 170 Å². The van der Waals surface area contributed by atoms with E-state index < -0.39 is 62.3 Å². The van der Waals surface area contributed by atoms with Gasteiger partial charge in [-0.15, -0.1) is 0 Å². The number of nitrogens with one attached hydrogen (secondary N) is 4. The van der Waals surface area contributed by atoms with Gasteiger partial charge in [-0.25, -0.2) is 4.79 Å². The molecule has 4 amide bonds. The molecule has 0 saturated heterocycles. The lowest BCUT2D eigenvalue weighted by molar-refractivity contribution is -0.141. The van der Waals surface area contributed by atoms with Crippen LogP contribution in [-0.2, 0) is 54.0 Å². The Morgan fingerprint density at radius 3 is 1.08 bits per heavy atom. The molecule has 0 bridgehead atoms. The molecule has 4 atom stereocenters. The van der Waals surface area contributed by atoms with E-state index in [9.17, 15) is 24.0 Å². The van der Waals surface area contributed by atoms with E-state index in [2.05, 4.69) is 74.9 Å². The monoisotopic (exact) mass is 984 g/mol. The molecule has 0 aliphatic heterocycles. The maximum atomic E-state index is 14.9. The summed E-state index contributed by atoms with van der Waals surface area (Å²) >= 11 is 0. The van der Waals surface area contributed by atoms with Gasteiger partial charge in [0.2, 0.25) is 17.7 Å². The lowest BCUT2D eigenvalue weighted by Crippen LogP contribution is -2.60. The average molecular weight is 985 g/mol. The Labute approximate surface area is 425 Å². The number of hydrogen-bond acceptors (Lipinski definition) is 7. The number of carbonyl (C=O) groups excluding carboxylic acids is 5. The molecule has 72 heavy (non-hydrogen) atoms. The van der Waals surface area contributed by atoms with Gasteiger partial charge in [-0.05, 0) is 61.1 Å². The number of ether oxygens (including phenoxy) is 1. The predicted octanol–water partition coefficient (Wildman–Crippen LogP) is 10.0. The number of rotatable bonds is 22. The molecule has 7 rings (SSSR count). The number of fused-ring (bicyclic) bond motifs is 3. The number of benzene rings is 6. The predicted molar refractivity (Wildman–Crippen MR) is 286 cm³/mol. The second-order valence-electron chi connectivity index (χ2n) is 19.7. The van der Waals surface area contributed by atoms with Gasteiger partial charge in [0.15, 0.2) is 0 Å². The highest BCUT2D eigenvalue weighted by Gasteiger charge is 2.49. The van der Waals surface area contributed by atoms with Crippen molar-refractivity contribution in [3.63, 3.8) is 0 Å². The smallest absolute Gasteiger partial charge is 0.407 e. The zero-order chi connectivity index (χ0) is 51.2. The summed E-state index contributed by atoms with van der Waals surface area (Å²) < 4.78 is 12.6. The molecule has 4 N–H and O–H groups in total. The summed E-state index contributed by atoms with van der Waals surface area (Å²) in [6.45, 7) is 12.6. The summed E-state index contributed by atoms with van der Waals surface area (Å²) in [6.07, 6.45) is -0.364. The fourth-order valence-electron chi connectivity index (χ4n) is 10.4. The number of amides is 4. The molecular formula is C60H68N4O7Si. The Kier molecular flexibility index (Phi) is 18.0. The van der Waals surface area contributed by atoms with Gasteiger partial charge in [-0.2, -0.15) is 0 Å². The Balaban J connectivity index is 1.14. The number of hydrogen-bond donors (Lipinski definition) is 4. The van der Waals surface area contributed by atoms with Crippen molar-refractivity contribution in [2.45, 2.75) is 114 Å². The van der Waals surface area contributed by atoms with Crippen LogP contribution in [0.2, 0.25) is 16.6 Å². The Hall–Kier alpha value is -7.31. The van der Waals surface area contributed by atoms with Crippen LogP contribution in [0.1, 0.15) is 80.8 Å². The highest BCUT2D eigenvalue weighted by molar-refractivity contribution is 6.79. The van der Waals surface area contributed by atoms with E-state index in [4.69, 9.17) is 9.16 Å². The first-order valence-electron chi connectivity index (χ1n) is 25.1. The van der Waals surface area contributed by atoms with Crippen molar-refractivity contribution in [3.8, 4) is 11.1 Å². The van der Waals surface area contributed by atoms with Crippen LogP contribution in [0.3, 0.4) is 0 Å². The Bertz CT molecular complexity index is 2690. The zero-order valence-corrected chi connectivity index (χ0v) is 43.2. The van der Waals surface area contributed by atoms with Gasteiger partial charge in [0.05, 0.1) is 0 Å². The first kappa shape index (κ1) is 52.5. The van der Waals surface area contributed by atoms with Crippen molar-refractivity contribution >= 4 is 38.1 Å². The van der Waals surface area contributed by atoms with Crippen molar-refractivity contribution in [1.82, 2.24) is 21.3 Å². The van der Waals surface area contributed by atoms with Gasteiger partial charge in [0.1, 0.15) is 30.8 Å². The summed E-state index contributed by atoms with van der Waals surface area (Å²) in [5.74, 6) is -2.54. The van der Waals surface area contributed by atoms with Gasteiger partial charge < -0.3 is 30.4 Å². The van der Waals surface area contributed by atoms with E-state index in [-0.39, 0.29) is 54.8 Å². The van der Waals surface area contributed by atoms with Gasteiger partial charge in [0.25, 0.3) is 8.32 Å². The largest absolute Gasteiger partial charge is 0.517 e. The van der Waals surface area contributed by atoms with Crippen molar-refractivity contribution in [2.24, 2.45) is 0 Å². The molecule has 1 aliphatic rings. The molecule has 0 aromatic heterocycles. The molecule has 0 saturated carbocycles. The van der Waals surface area contributed by atoms with E-state index in [1.54, 1.807) is 0 Å². The average Bonchev–Trinajstić information content (AvgIpc) is 3.70. The lowest BCUT2D eigenvalue weighted by Gasteiger charge is -2.42. The van der Waals surface area contributed by atoms with Crippen LogP contribution in [0, 0.1) is 0 Å². The van der Waals surface area contributed by atoms with E-state index in [0.29, 0.717) is 0 Å². The molecule has 12 heteroatoms. The third-order valence-electron chi connectivity index (χ3n) is 13.9. The van der Waals surface area contributed by atoms with E-state index >= 15 is 0 Å². The summed E-state index contributed by atoms with van der Waals surface area (Å²) in [7, 11) is -2.73. The first-order valence-corrected chi connectivity index (χ1v) is 27.3. The minimum absolute atomic E-state index is 0.0450. The second kappa shape index (κ2) is 24.7. The third kappa shape index (κ3) is 13.1. The molecule has 6 aromatic carbocycles. The SMILES string of the molecule is CC(C)[Si](OC(=O)[C@H](Cc1ccccc1)NC(=O)[C@H](Cc1ccccc1)NC(=O)[C@H](Cc1ccccc1)NC(=O)[C@H](Cc1ccccc1)NC(=O)OCC1c2ccccc2-c2ccccc21)(C(C)C)C(C)C. The zero-order valence-electron chi connectivity index (χ0n) is 42.2. The topological polar surface area (TPSA) is 152 Å². The highest BCUT2D eigenvalue weighted by atomic mass is 28.4. The van der Waals surface area contributed by atoms with Gasteiger partial charge in [-0.1, -0.05) is 211 Å². The minimum Gasteiger partial charge on any atom is -0.517 e. The summed E-state index contributed by atoms with van der Waals surface area (Å²) in [5, 5.41) is 11.8. The maximum absolute atomic E-state index is 14.9. The van der Waals surface area contributed by atoms with E-state index in [1.807, 2.05) is 158 Å². The van der Waals surface area contributed by atoms with Crippen molar-refractivity contribution in [3.05, 3.63) is 203 Å². The fraction of sp³-hybridized carbons (Fsp3) is 0.317. The van der Waals surface area contributed by atoms with Crippen molar-refractivity contribution in [1.29, 1.82) is 0 Å². The van der Waals surface area contributed by atoms with Crippen LogP contribution in [0.5, 0.6) is 0 Å². The summed E-state index contributed by atoms with van der Waals surface area (Å²) in [5.41, 5.74) is 7.74. The third-order valence-corrected chi connectivity index (χ3v) is 19.9. The molecular weight excluding hydrogens is 917 g/mol. The molecule has 0 unspecified atom stereocenters. The van der Waals surface area contributed by atoms with Crippen molar-refractivity contribution in [2.75, 3.05) is 6.61 Å². The van der Waals surface area contributed by atoms with Gasteiger partial charge >= 0.3 is 12.1 Å². The Morgan fingerprint density at radius 1 is 0.417 bits per heavy atom. The van der Waals surface area contributed by atoms with Gasteiger partial charge in [-0.3, -0.25) is 19.2 Å². The molecule has 0 radical (unpaired) electrons. The fourth-order valence-corrected chi connectivity index (χ4v) is 15.6. The number of alkyl carbamates (subject to hydrolysis) is 1. The van der Waals surface area contributed by atoms with E-state index in [0.717, 1.165) is 44.5 Å². The van der Waals surface area contributed by atoms with Crippen LogP contribution in [-0.4, -0.2) is 68.9 Å². The van der Waals surface area contributed by atoms with Crippen LogP contribution in [0.4, 0.5) is 4.79 Å². The molecule has 11 nitrogen and oxygen atoms in total.